The molecule has 1 heterocycles. The molecule has 1 saturated heterocycles. The normalized spacial score (nSPS) is 17.3. The number of halogens is 1. The highest BCUT2D eigenvalue weighted by Crippen LogP contribution is 2.19. The van der Waals surface area contributed by atoms with E-state index in [0.717, 1.165) is 28.4 Å². The van der Waals surface area contributed by atoms with Crippen molar-refractivity contribution in [1.29, 1.82) is 0 Å². The SMILES string of the molecule is CC1CCN(CCOCCOc2ccccc2I)CC1. The molecule has 0 spiro atoms. The van der Waals surface area contributed by atoms with Crippen LogP contribution in [0.4, 0.5) is 0 Å². The second kappa shape index (κ2) is 8.85. The minimum atomic E-state index is 0.622. The monoisotopic (exact) mass is 389 g/mol. The van der Waals surface area contributed by atoms with Gasteiger partial charge in [0.05, 0.1) is 16.8 Å². The second-order valence-corrected chi connectivity index (χ2v) is 6.58. The maximum Gasteiger partial charge on any atom is 0.132 e. The van der Waals surface area contributed by atoms with E-state index in [1.807, 2.05) is 24.3 Å². The number of benzene rings is 1. The van der Waals surface area contributed by atoms with Crippen molar-refractivity contribution in [2.45, 2.75) is 19.8 Å². The Hall–Kier alpha value is -0.330. The Balaban J connectivity index is 1.51. The van der Waals surface area contributed by atoms with Crippen molar-refractivity contribution in [1.82, 2.24) is 4.90 Å². The van der Waals surface area contributed by atoms with Crippen molar-refractivity contribution in [3.05, 3.63) is 27.8 Å². The average Bonchev–Trinajstić information content (AvgIpc) is 2.46. The van der Waals surface area contributed by atoms with Crippen molar-refractivity contribution < 1.29 is 9.47 Å². The van der Waals surface area contributed by atoms with E-state index in [2.05, 4.69) is 34.4 Å². The van der Waals surface area contributed by atoms with Crippen LogP contribution in [0.5, 0.6) is 5.75 Å². The summed E-state index contributed by atoms with van der Waals surface area (Å²) in [4.78, 5) is 2.50. The first-order valence-corrected chi connectivity index (χ1v) is 8.51. The van der Waals surface area contributed by atoms with E-state index in [1.54, 1.807) is 0 Å². The molecule has 0 bridgehead atoms. The topological polar surface area (TPSA) is 21.7 Å². The first kappa shape index (κ1) is 16.0. The van der Waals surface area contributed by atoms with Gasteiger partial charge in [-0.15, -0.1) is 0 Å². The third kappa shape index (κ3) is 5.58. The van der Waals surface area contributed by atoms with Gasteiger partial charge in [-0.25, -0.2) is 0 Å². The Kier molecular flexibility index (Phi) is 7.10. The maximum atomic E-state index is 5.70. The van der Waals surface area contributed by atoms with E-state index < -0.39 is 0 Å². The number of piperidine rings is 1. The average molecular weight is 389 g/mol. The molecule has 20 heavy (non-hydrogen) atoms. The van der Waals surface area contributed by atoms with Crippen LogP contribution < -0.4 is 4.74 Å². The van der Waals surface area contributed by atoms with Crippen LogP contribution in [0.1, 0.15) is 19.8 Å². The van der Waals surface area contributed by atoms with Crippen molar-refractivity contribution in [2.75, 3.05) is 39.5 Å². The van der Waals surface area contributed by atoms with Crippen LogP contribution in [0.3, 0.4) is 0 Å². The molecular weight excluding hydrogens is 365 g/mol. The van der Waals surface area contributed by atoms with Gasteiger partial charge >= 0.3 is 0 Å². The molecule has 1 aromatic rings. The Morgan fingerprint density at radius 2 is 1.90 bits per heavy atom. The molecular formula is C16H24INO2. The fourth-order valence-electron chi connectivity index (χ4n) is 2.35. The molecule has 2 rings (SSSR count). The largest absolute Gasteiger partial charge is 0.490 e. The molecule has 1 aliphatic heterocycles. The fourth-order valence-corrected chi connectivity index (χ4v) is 2.90. The number of rotatable bonds is 7. The molecule has 0 N–H and O–H groups in total. The highest BCUT2D eigenvalue weighted by molar-refractivity contribution is 14.1. The predicted octanol–water partition coefficient (Wildman–Crippen LogP) is 3.42. The lowest BCUT2D eigenvalue weighted by Gasteiger charge is -2.29. The minimum absolute atomic E-state index is 0.622. The van der Waals surface area contributed by atoms with E-state index >= 15 is 0 Å². The first-order chi connectivity index (χ1) is 9.75. The molecule has 1 aromatic carbocycles. The fraction of sp³-hybridized carbons (Fsp3) is 0.625. The van der Waals surface area contributed by atoms with Crippen LogP contribution in [0, 0.1) is 9.49 Å². The van der Waals surface area contributed by atoms with Crippen molar-refractivity contribution in [2.24, 2.45) is 5.92 Å². The van der Waals surface area contributed by atoms with Gasteiger partial charge in [-0.2, -0.15) is 0 Å². The number of ether oxygens (including phenoxy) is 2. The Morgan fingerprint density at radius 3 is 2.65 bits per heavy atom. The van der Waals surface area contributed by atoms with E-state index in [4.69, 9.17) is 9.47 Å². The molecule has 0 aliphatic carbocycles. The summed E-state index contributed by atoms with van der Waals surface area (Å²) in [5.41, 5.74) is 0. The zero-order valence-corrected chi connectivity index (χ0v) is 14.3. The van der Waals surface area contributed by atoms with Crippen molar-refractivity contribution in [3.63, 3.8) is 0 Å². The van der Waals surface area contributed by atoms with Crippen LogP contribution >= 0.6 is 22.6 Å². The predicted molar refractivity (Wildman–Crippen MR) is 90.3 cm³/mol. The zero-order valence-electron chi connectivity index (χ0n) is 12.2. The van der Waals surface area contributed by atoms with Gasteiger partial charge in [0.1, 0.15) is 12.4 Å². The van der Waals surface area contributed by atoms with Gasteiger partial charge < -0.3 is 14.4 Å². The molecule has 0 unspecified atom stereocenters. The summed E-state index contributed by atoms with van der Waals surface area (Å²) < 4.78 is 12.5. The lowest BCUT2D eigenvalue weighted by Crippen LogP contribution is -2.35. The smallest absolute Gasteiger partial charge is 0.132 e. The molecule has 3 nitrogen and oxygen atoms in total. The summed E-state index contributed by atoms with van der Waals surface area (Å²) >= 11 is 2.29. The molecule has 0 amide bonds. The Labute approximate surface area is 135 Å². The number of likely N-dealkylation sites (tertiary alicyclic amines) is 1. The van der Waals surface area contributed by atoms with E-state index in [1.165, 1.54) is 25.9 Å². The van der Waals surface area contributed by atoms with Gasteiger partial charge in [0.25, 0.3) is 0 Å². The molecule has 0 atom stereocenters. The van der Waals surface area contributed by atoms with Crippen LogP contribution in [0.25, 0.3) is 0 Å². The summed E-state index contributed by atoms with van der Waals surface area (Å²) in [7, 11) is 0. The van der Waals surface area contributed by atoms with Gasteiger partial charge in [0, 0.05) is 6.54 Å². The minimum Gasteiger partial charge on any atom is -0.490 e. The van der Waals surface area contributed by atoms with Gasteiger partial charge in [-0.1, -0.05) is 19.1 Å². The summed E-state index contributed by atoms with van der Waals surface area (Å²) in [6.45, 7) is 7.94. The van der Waals surface area contributed by atoms with E-state index in [0.29, 0.717) is 13.2 Å². The lowest BCUT2D eigenvalue weighted by molar-refractivity contribution is 0.0707. The van der Waals surface area contributed by atoms with Gasteiger partial charge in [0.15, 0.2) is 0 Å². The molecule has 1 aliphatic rings. The lowest BCUT2D eigenvalue weighted by atomic mass is 9.99. The summed E-state index contributed by atoms with van der Waals surface area (Å²) in [6, 6.07) is 8.06. The van der Waals surface area contributed by atoms with Crippen LogP contribution in [0.2, 0.25) is 0 Å². The van der Waals surface area contributed by atoms with Crippen molar-refractivity contribution >= 4 is 22.6 Å². The van der Waals surface area contributed by atoms with Crippen LogP contribution in [0.15, 0.2) is 24.3 Å². The van der Waals surface area contributed by atoms with E-state index in [-0.39, 0.29) is 0 Å². The highest BCUT2D eigenvalue weighted by atomic mass is 127. The molecule has 4 heteroatoms. The molecule has 112 valence electrons. The Morgan fingerprint density at radius 1 is 1.15 bits per heavy atom. The van der Waals surface area contributed by atoms with Crippen LogP contribution in [-0.4, -0.2) is 44.4 Å². The van der Waals surface area contributed by atoms with Gasteiger partial charge in [0.2, 0.25) is 0 Å². The Bertz CT molecular complexity index is 392. The standard InChI is InChI=1S/C16H24INO2/c1-14-6-8-18(9-7-14)10-11-19-12-13-20-16-5-3-2-4-15(16)17/h2-5,14H,6-13H2,1H3. The molecule has 0 aromatic heterocycles. The highest BCUT2D eigenvalue weighted by Gasteiger charge is 2.14. The van der Waals surface area contributed by atoms with Crippen molar-refractivity contribution in [3.8, 4) is 5.75 Å². The molecule has 0 radical (unpaired) electrons. The van der Waals surface area contributed by atoms with Gasteiger partial charge in [-0.05, 0) is 66.6 Å². The third-order valence-electron chi connectivity index (χ3n) is 3.75. The first-order valence-electron chi connectivity index (χ1n) is 7.43. The quantitative estimate of drug-likeness (QED) is 0.527. The second-order valence-electron chi connectivity index (χ2n) is 5.42. The number of hydrogen-bond acceptors (Lipinski definition) is 3. The summed E-state index contributed by atoms with van der Waals surface area (Å²) in [5, 5.41) is 0. The number of para-hydroxylation sites is 1. The number of nitrogens with zero attached hydrogens (tertiary/aromatic N) is 1. The van der Waals surface area contributed by atoms with Crippen LogP contribution in [-0.2, 0) is 4.74 Å². The number of hydrogen-bond donors (Lipinski definition) is 0. The summed E-state index contributed by atoms with van der Waals surface area (Å²) in [5.74, 6) is 1.84. The van der Waals surface area contributed by atoms with Gasteiger partial charge in [-0.3, -0.25) is 0 Å². The third-order valence-corrected chi connectivity index (χ3v) is 4.64. The molecule has 0 saturated carbocycles. The van der Waals surface area contributed by atoms with E-state index in [9.17, 15) is 0 Å². The molecule has 1 fully saturated rings. The maximum absolute atomic E-state index is 5.70. The zero-order chi connectivity index (χ0) is 14.2. The summed E-state index contributed by atoms with van der Waals surface area (Å²) in [6.07, 6.45) is 2.66.